The second kappa shape index (κ2) is 6.62. The van der Waals surface area contributed by atoms with Gasteiger partial charge in [-0.3, -0.25) is 9.69 Å². The molecule has 1 spiro atoms. The first kappa shape index (κ1) is 15.2. The summed E-state index contributed by atoms with van der Waals surface area (Å²) in [6.07, 6.45) is 9.67. The molecule has 0 bridgehead atoms. The van der Waals surface area contributed by atoms with Gasteiger partial charge in [0.1, 0.15) is 0 Å². The molecule has 1 aromatic rings. The highest BCUT2D eigenvalue weighted by Gasteiger charge is 2.35. The van der Waals surface area contributed by atoms with Crippen molar-refractivity contribution in [1.82, 2.24) is 4.90 Å². The van der Waals surface area contributed by atoms with Crippen molar-refractivity contribution in [2.75, 3.05) is 19.6 Å². The van der Waals surface area contributed by atoms with E-state index < -0.39 is 0 Å². The van der Waals surface area contributed by atoms with E-state index >= 15 is 0 Å². The largest absolute Gasteiger partial charge is 0.296 e. The van der Waals surface area contributed by atoms with Crippen LogP contribution >= 0.6 is 15.9 Å². The third-order valence-electron chi connectivity index (χ3n) is 5.34. The first-order valence-electron chi connectivity index (χ1n) is 8.18. The number of rotatable bonds is 3. The van der Waals surface area contributed by atoms with Gasteiger partial charge in [-0.05, 0) is 56.3 Å². The van der Waals surface area contributed by atoms with E-state index in [1.54, 1.807) is 0 Å². The summed E-state index contributed by atoms with van der Waals surface area (Å²) in [5.74, 6) is 0.246. The number of nitrogens with zero attached hydrogens (tertiary/aromatic N) is 1. The van der Waals surface area contributed by atoms with Gasteiger partial charge in [-0.2, -0.15) is 0 Å². The van der Waals surface area contributed by atoms with E-state index in [9.17, 15) is 4.79 Å². The summed E-state index contributed by atoms with van der Waals surface area (Å²) >= 11 is 3.44. The molecule has 3 rings (SSSR count). The number of piperidine rings is 1. The summed E-state index contributed by atoms with van der Waals surface area (Å²) in [7, 11) is 0. The second-order valence-corrected chi connectivity index (χ2v) is 7.69. The molecular formula is C18H24BrNO. The molecule has 1 aliphatic carbocycles. The number of carbonyl (C=O) groups is 1. The Morgan fingerprint density at radius 1 is 1.10 bits per heavy atom. The lowest BCUT2D eigenvalue weighted by Gasteiger charge is -2.44. The molecule has 1 heterocycles. The van der Waals surface area contributed by atoms with Gasteiger partial charge < -0.3 is 0 Å². The molecule has 3 heteroatoms. The molecule has 2 fully saturated rings. The van der Waals surface area contributed by atoms with Gasteiger partial charge in [-0.15, -0.1) is 0 Å². The smallest absolute Gasteiger partial charge is 0.176 e. The molecule has 1 aromatic carbocycles. The van der Waals surface area contributed by atoms with Crippen LogP contribution < -0.4 is 0 Å². The Hall–Kier alpha value is -0.670. The van der Waals surface area contributed by atoms with Crippen LogP contribution in [0.15, 0.2) is 28.7 Å². The maximum absolute atomic E-state index is 12.4. The molecule has 114 valence electrons. The van der Waals surface area contributed by atoms with E-state index in [2.05, 4.69) is 20.8 Å². The van der Waals surface area contributed by atoms with Crippen LogP contribution in [-0.2, 0) is 0 Å². The summed E-state index contributed by atoms with van der Waals surface area (Å²) < 4.78 is 0.980. The zero-order valence-corrected chi connectivity index (χ0v) is 14.2. The first-order chi connectivity index (χ1) is 10.2. The average Bonchev–Trinajstić information content (AvgIpc) is 2.51. The Morgan fingerprint density at radius 3 is 2.48 bits per heavy atom. The molecule has 0 aromatic heterocycles. The normalized spacial score (nSPS) is 22.3. The molecular weight excluding hydrogens is 326 g/mol. The number of Topliss-reactive ketones (excluding diaryl/α,β-unsaturated/α-hetero) is 1. The Balaban J connectivity index is 1.54. The van der Waals surface area contributed by atoms with E-state index in [1.807, 2.05) is 24.3 Å². The van der Waals surface area contributed by atoms with E-state index in [1.165, 1.54) is 44.9 Å². The highest BCUT2D eigenvalue weighted by Crippen LogP contribution is 2.44. The van der Waals surface area contributed by atoms with Crippen molar-refractivity contribution in [1.29, 1.82) is 0 Å². The minimum Gasteiger partial charge on any atom is -0.296 e. The van der Waals surface area contributed by atoms with Gasteiger partial charge in [0.05, 0.1) is 6.54 Å². The van der Waals surface area contributed by atoms with Crippen molar-refractivity contribution in [2.45, 2.75) is 44.9 Å². The third kappa shape index (κ3) is 3.75. The van der Waals surface area contributed by atoms with Crippen molar-refractivity contribution in [3.8, 4) is 0 Å². The van der Waals surface area contributed by atoms with E-state index in [-0.39, 0.29) is 5.78 Å². The lowest BCUT2D eigenvalue weighted by molar-refractivity contribution is 0.0611. The van der Waals surface area contributed by atoms with E-state index in [0.717, 1.165) is 23.1 Å². The summed E-state index contributed by atoms with van der Waals surface area (Å²) in [5.41, 5.74) is 1.44. The van der Waals surface area contributed by atoms with Crippen LogP contribution in [0.2, 0.25) is 0 Å². The molecule has 2 aliphatic rings. The van der Waals surface area contributed by atoms with Crippen LogP contribution in [0, 0.1) is 5.41 Å². The van der Waals surface area contributed by atoms with Crippen molar-refractivity contribution in [2.24, 2.45) is 5.41 Å². The molecule has 1 saturated carbocycles. The predicted octanol–water partition coefficient (Wildman–Crippen LogP) is 4.68. The van der Waals surface area contributed by atoms with Gasteiger partial charge in [0, 0.05) is 10.0 Å². The number of hydrogen-bond acceptors (Lipinski definition) is 2. The Bertz CT molecular complexity index is 498. The minimum atomic E-state index is 0.246. The van der Waals surface area contributed by atoms with Crippen LogP contribution in [0.5, 0.6) is 0 Å². The quantitative estimate of drug-likeness (QED) is 0.738. The summed E-state index contributed by atoms with van der Waals surface area (Å²) in [5, 5.41) is 0. The molecule has 0 atom stereocenters. The van der Waals surface area contributed by atoms with Crippen LogP contribution in [0.4, 0.5) is 0 Å². The Labute approximate surface area is 136 Å². The molecule has 0 radical (unpaired) electrons. The standard InChI is InChI=1S/C18H24BrNO/c19-16-6-4-5-15(13-16)17(21)14-20-11-9-18(10-12-20)7-2-1-3-8-18/h4-6,13H,1-3,7-12,14H2. The molecule has 0 unspecified atom stereocenters. The Morgan fingerprint density at radius 2 is 1.81 bits per heavy atom. The zero-order valence-electron chi connectivity index (χ0n) is 12.6. The molecule has 1 aliphatic heterocycles. The lowest BCUT2D eigenvalue weighted by Crippen LogP contribution is -2.43. The minimum absolute atomic E-state index is 0.246. The van der Waals surface area contributed by atoms with Crippen molar-refractivity contribution in [3.05, 3.63) is 34.3 Å². The topological polar surface area (TPSA) is 20.3 Å². The number of hydrogen-bond donors (Lipinski definition) is 0. The number of carbonyl (C=O) groups excluding carboxylic acids is 1. The zero-order chi connectivity index (χ0) is 14.7. The summed E-state index contributed by atoms with van der Waals surface area (Å²) in [6.45, 7) is 2.77. The fraction of sp³-hybridized carbons (Fsp3) is 0.611. The third-order valence-corrected chi connectivity index (χ3v) is 5.84. The van der Waals surface area contributed by atoms with Crippen LogP contribution in [0.25, 0.3) is 0 Å². The van der Waals surface area contributed by atoms with Gasteiger partial charge >= 0.3 is 0 Å². The van der Waals surface area contributed by atoms with E-state index in [0.29, 0.717) is 12.0 Å². The number of likely N-dealkylation sites (tertiary alicyclic amines) is 1. The predicted molar refractivity (Wildman–Crippen MR) is 89.7 cm³/mol. The average molecular weight is 350 g/mol. The van der Waals surface area contributed by atoms with Gasteiger partial charge in [-0.25, -0.2) is 0 Å². The SMILES string of the molecule is O=C(CN1CCC2(CCCCC2)CC1)c1cccc(Br)c1. The molecule has 21 heavy (non-hydrogen) atoms. The summed E-state index contributed by atoms with van der Waals surface area (Å²) in [4.78, 5) is 14.7. The first-order valence-corrected chi connectivity index (χ1v) is 8.97. The molecule has 0 N–H and O–H groups in total. The van der Waals surface area contributed by atoms with Gasteiger partial charge in [-0.1, -0.05) is 47.3 Å². The van der Waals surface area contributed by atoms with Crippen molar-refractivity contribution >= 4 is 21.7 Å². The maximum atomic E-state index is 12.4. The number of halogens is 1. The monoisotopic (exact) mass is 349 g/mol. The van der Waals surface area contributed by atoms with Crippen molar-refractivity contribution in [3.63, 3.8) is 0 Å². The summed E-state index contributed by atoms with van der Waals surface area (Å²) in [6, 6.07) is 7.74. The highest BCUT2D eigenvalue weighted by atomic mass is 79.9. The van der Waals surface area contributed by atoms with E-state index in [4.69, 9.17) is 0 Å². The van der Waals surface area contributed by atoms with Gasteiger partial charge in [0.25, 0.3) is 0 Å². The van der Waals surface area contributed by atoms with Gasteiger partial charge in [0.15, 0.2) is 5.78 Å². The lowest BCUT2D eigenvalue weighted by atomic mass is 9.68. The Kier molecular flexibility index (Phi) is 4.80. The van der Waals surface area contributed by atoms with Gasteiger partial charge in [0.2, 0.25) is 0 Å². The van der Waals surface area contributed by atoms with Crippen LogP contribution in [-0.4, -0.2) is 30.3 Å². The molecule has 0 amide bonds. The van der Waals surface area contributed by atoms with Crippen LogP contribution in [0.1, 0.15) is 55.3 Å². The fourth-order valence-corrected chi connectivity index (χ4v) is 4.34. The fourth-order valence-electron chi connectivity index (χ4n) is 3.94. The second-order valence-electron chi connectivity index (χ2n) is 6.77. The van der Waals surface area contributed by atoms with Crippen molar-refractivity contribution < 1.29 is 4.79 Å². The maximum Gasteiger partial charge on any atom is 0.176 e. The van der Waals surface area contributed by atoms with Crippen LogP contribution in [0.3, 0.4) is 0 Å². The molecule has 1 saturated heterocycles. The number of benzene rings is 1. The highest BCUT2D eigenvalue weighted by molar-refractivity contribution is 9.10. The number of ketones is 1. The molecule has 2 nitrogen and oxygen atoms in total.